The smallest absolute Gasteiger partial charge is 0.0569 e. The van der Waals surface area contributed by atoms with Gasteiger partial charge in [-0.25, -0.2) is 0 Å². The third-order valence-electron chi connectivity index (χ3n) is 2.56. The largest absolute Gasteiger partial charge is 0.393 e. The quantitative estimate of drug-likeness (QED) is 0.675. The van der Waals surface area contributed by atoms with Crippen LogP contribution < -0.4 is 0 Å². The molecule has 0 heterocycles. The van der Waals surface area contributed by atoms with Gasteiger partial charge in [0, 0.05) is 13.7 Å². The Morgan fingerprint density at radius 2 is 2.09 bits per heavy atom. The number of methoxy groups -OCH3 is 1. The van der Waals surface area contributed by atoms with E-state index in [0.717, 1.165) is 19.4 Å². The van der Waals surface area contributed by atoms with Gasteiger partial charge in [0.15, 0.2) is 0 Å². The predicted octanol–water partition coefficient (Wildman–Crippen LogP) is 1.57. The van der Waals surface area contributed by atoms with Gasteiger partial charge in [0.05, 0.1) is 6.10 Å². The Morgan fingerprint density at radius 1 is 1.36 bits per heavy atom. The van der Waals surface area contributed by atoms with Crippen molar-refractivity contribution in [3.8, 4) is 0 Å². The van der Waals surface area contributed by atoms with Crippen LogP contribution >= 0.6 is 0 Å². The molecular weight excluding hydrogens is 140 g/mol. The van der Waals surface area contributed by atoms with Crippen LogP contribution in [0.1, 0.15) is 32.1 Å². The molecule has 0 saturated heterocycles. The summed E-state index contributed by atoms with van der Waals surface area (Å²) in [7, 11) is 1.72. The maximum Gasteiger partial charge on any atom is 0.0569 e. The minimum Gasteiger partial charge on any atom is -0.393 e. The molecule has 0 bridgehead atoms. The number of aliphatic hydroxyl groups excluding tert-OH is 1. The second-order valence-corrected chi connectivity index (χ2v) is 3.39. The van der Waals surface area contributed by atoms with Crippen molar-refractivity contribution in [3.05, 3.63) is 0 Å². The Balaban J connectivity index is 2.18. The second-order valence-electron chi connectivity index (χ2n) is 3.39. The van der Waals surface area contributed by atoms with Crippen LogP contribution in [0.5, 0.6) is 0 Å². The van der Waals surface area contributed by atoms with Gasteiger partial charge in [-0.3, -0.25) is 0 Å². The van der Waals surface area contributed by atoms with E-state index in [9.17, 15) is 5.11 Å². The van der Waals surface area contributed by atoms with Gasteiger partial charge in [0.25, 0.3) is 0 Å². The lowest BCUT2D eigenvalue weighted by molar-refractivity contribution is 0.0488. The molecule has 2 heteroatoms. The van der Waals surface area contributed by atoms with Crippen molar-refractivity contribution in [2.45, 2.75) is 38.2 Å². The summed E-state index contributed by atoms with van der Waals surface area (Å²) in [6.07, 6.45) is 5.63. The van der Waals surface area contributed by atoms with E-state index in [1.165, 1.54) is 19.3 Å². The minimum absolute atomic E-state index is 0.0566. The fourth-order valence-electron chi connectivity index (χ4n) is 1.79. The Morgan fingerprint density at radius 3 is 2.73 bits per heavy atom. The number of ether oxygens (including phenoxy) is 1. The summed E-state index contributed by atoms with van der Waals surface area (Å²) in [5.74, 6) is 0.503. The number of aliphatic hydroxyl groups is 1. The lowest BCUT2D eigenvalue weighted by Gasteiger charge is -2.27. The van der Waals surface area contributed by atoms with Crippen molar-refractivity contribution in [1.29, 1.82) is 0 Å². The van der Waals surface area contributed by atoms with E-state index in [1.807, 2.05) is 0 Å². The molecule has 0 aromatic rings. The Bertz CT molecular complexity index is 104. The van der Waals surface area contributed by atoms with Crippen molar-refractivity contribution in [1.82, 2.24) is 0 Å². The molecule has 1 aliphatic carbocycles. The highest BCUT2D eigenvalue weighted by molar-refractivity contribution is 4.73. The highest BCUT2D eigenvalue weighted by Crippen LogP contribution is 2.26. The van der Waals surface area contributed by atoms with Gasteiger partial charge < -0.3 is 9.84 Å². The first-order valence-electron chi connectivity index (χ1n) is 4.51. The lowest BCUT2D eigenvalue weighted by atomic mass is 9.85. The molecule has 11 heavy (non-hydrogen) atoms. The van der Waals surface area contributed by atoms with Crippen LogP contribution in [0.4, 0.5) is 0 Å². The van der Waals surface area contributed by atoms with Gasteiger partial charge in [-0.2, -0.15) is 0 Å². The maximum absolute atomic E-state index is 9.54. The van der Waals surface area contributed by atoms with Crippen molar-refractivity contribution >= 4 is 0 Å². The molecule has 2 unspecified atom stereocenters. The molecular formula is C9H18O2. The third kappa shape index (κ3) is 2.80. The molecule has 2 atom stereocenters. The summed E-state index contributed by atoms with van der Waals surface area (Å²) in [5.41, 5.74) is 0. The van der Waals surface area contributed by atoms with Crippen LogP contribution in [0, 0.1) is 5.92 Å². The van der Waals surface area contributed by atoms with Crippen molar-refractivity contribution in [3.63, 3.8) is 0 Å². The fourth-order valence-corrected chi connectivity index (χ4v) is 1.79. The van der Waals surface area contributed by atoms with Gasteiger partial charge >= 0.3 is 0 Å². The first-order valence-corrected chi connectivity index (χ1v) is 4.51. The SMILES string of the molecule is COCCC1CCCCC1O. The van der Waals surface area contributed by atoms with Crippen LogP contribution in [0.2, 0.25) is 0 Å². The lowest BCUT2D eigenvalue weighted by Crippen LogP contribution is -2.25. The number of rotatable bonds is 3. The molecule has 0 aromatic heterocycles. The molecule has 0 spiro atoms. The van der Waals surface area contributed by atoms with E-state index in [2.05, 4.69) is 0 Å². The van der Waals surface area contributed by atoms with E-state index in [1.54, 1.807) is 7.11 Å². The first kappa shape index (κ1) is 9.01. The molecule has 0 aromatic carbocycles. The highest BCUT2D eigenvalue weighted by atomic mass is 16.5. The van der Waals surface area contributed by atoms with E-state index in [4.69, 9.17) is 4.74 Å². The summed E-state index contributed by atoms with van der Waals surface area (Å²) in [6, 6.07) is 0. The molecule has 1 fully saturated rings. The molecule has 66 valence electrons. The second kappa shape index (κ2) is 4.73. The highest BCUT2D eigenvalue weighted by Gasteiger charge is 2.21. The average Bonchev–Trinajstić information content (AvgIpc) is 2.03. The standard InChI is InChI=1S/C9H18O2/c1-11-7-6-8-4-2-3-5-9(8)10/h8-10H,2-7H2,1H3. The molecule has 0 radical (unpaired) electrons. The summed E-state index contributed by atoms with van der Waals surface area (Å²) in [4.78, 5) is 0. The summed E-state index contributed by atoms with van der Waals surface area (Å²) < 4.78 is 4.98. The average molecular weight is 158 g/mol. The molecule has 0 amide bonds. The maximum atomic E-state index is 9.54. The summed E-state index contributed by atoms with van der Waals surface area (Å²) in [5, 5.41) is 9.54. The monoisotopic (exact) mass is 158 g/mol. The van der Waals surface area contributed by atoms with E-state index in [0.29, 0.717) is 5.92 Å². The van der Waals surface area contributed by atoms with Crippen LogP contribution in [-0.2, 0) is 4.74 Å². The fraction of sp³-hybridized carbons (Fsp3) is 1.00. The van der Waals surface area contributed by atoms with Gasteiger partial charge in [0.1, 0.15) is 0 Å². The van der Waals surface area contributed by atoms with Crippen LogP contribution in [0.3, 0.4) is 0 Å². The normalized spacial score (nSPS) is 32.2. The number of hydrogen-bond donors (Lipinski definition) is 1. The van der Waals surface area contributed by atoms with Crippen LogP contribution in [0.25, 0.3) is 0 Å². The minimum atomic E-state index is -0.0566. The molecule has 1 aliphatic rings. The predicted molar refractivity (Wildman–Crippen MR) is 44.5 cm³/mol. The van der Waals surface area contributed by atoms with Crippen molar-refractivity contribution in [2.75, 3.05) is 13.7 Å². The molecule has 0 aliphatic heterocycles. The van der Waals surface area contributed by atoms with E-state index in [-0.39, 0.29) is 6.10 Å². The number of hydrogen-bond acceptors (Lipinski definition) is 2. The van der Waals surface area contributed by atoms with Gasteiger partial charge in [-0.15, -0.1) is 0 Å². The van der Waals surface area contributed by atoms with Gasteiger partial charge in [-0.1, -0.05) is 12.8 Å². The Hall–Kier alpha value is -0.0800. The molecule has 1 saturated carbocycles. The van der Waals surface area contributed by atoms with Crippen molar-refractivity contribution in [2.24, 2.45) is 5.92 Å². The zero-order valence-electron chi connectivity index (χ0n) is 7.25. The third-order valence-corrected chi connectivity index (χ3v) is 2.56. The van der Waals surface area contributed by atoms with E-state index >= 15 is 0 Å². The molecule has 1 N–H and O–H groups in total. The summed E-state index contributed by atoms with van der Waals surface area (Å²) in [6.45, 7) is 0.793. The zero-order chi connectivity index (χ0) is 8.10. The molecule has 1 rings (SSSR count). The van der Waals surface area contributed by atoms with Crippen LogP contribution in [-0.4, -0.2) is 24.9 Å². The summed E-state index contributed by atoms with van der Waals surface area (Å²) >= 11 is 0. The molecule has 2 nitrogen and oxygen atoms in total. The first-order chi connectivity index (χ1) is 5.34. The topological polar surface area (TPSA) is 29.5 Å². The van der Waals surface area contributed by atoms with Gasteiger partial charge in [-0.05, 0) is 25.2 Å². The van der Waals surface area contributed by atoms with E-state index < -0.39 is 0 Å². The Kier molecular flexibility index (Phi) is 3.87. The Labute approximate surface area is 68.6 Å². The van der Waals surface area contributed by atoms with Crippen LogP contribution in [0.15, 0.2) is 0 Å². The van der Waals surface area contributed by atoms with Crippen molar-refractivity contribution < 1.29 is 9.84 Å². The zero-order valence-corrected chi connectivity index (χ0v) is 7.25. The van der Waals surface area contributed by atoms with Gasteiger partial charge in [0.2, 0.25) is 0 Å².